The summed E-state index contributed by atoms with van der Waals surface area (Å²) in [7, 11) is 0. The van der Waals surface area contributed by atoms with Crippen LogP contribution >= 0.6 is 11.3 Å². The van der Waals surface area contributed by atoms with Crippen LogP contribution < -0.4 is 5.32 Å². The number of hydrogen-bond acceptors (Lipinski definition) is 3. The van der Waals surface area contributed by atoms with Crippen LogP contribution in [-0.2, 0) is 4.79 Å². The molecule has 1 saturated carbocycles. The topological polar surface area (TPSA) is 32.3 Å². The van der Waals surface area contributed by atoms with Crippen LogP contribution in [0.5, 0.6) is 0 Å². The van der Waals surface area contributed by atoms with Gasteiger partial charge in [-0.15, -0.1) is 11.3 Å². The molecule has 3 heterocycles. The van der Waals surface area contributed by atoms with Gasteiger partial charge >= 0.3 is 0 Å². The number of nitrogens with one attached hydrogen (secondary N) is 1. The number of alkyl halides is 2. The van der Waals surface area contributed by atoms with Gasteiger partial charge in [-0.1, -0.05) is 6.92 Å². The molecule has 0 radical (unpaired) electrons. The van der Waals surface area contributed by atoms with Crippen molar-refractivity contribution < 1.29 is 13.6 Å². The number of rotatable bonds is 6. The molecule has 2 aliphatic heterocycles. The molecule has 6 heteroatoms. The molecule has 3 nitrogen and oxygen atoms in total. The van der Waals surface area contributed by atoms with Crippen LogP contribution in [-0.4, -0.2) is 35.4 Å². The second-order valence-corrected chi connectivity index (χ2v) is 10.6. The first-order valence-corrected chi connectivity index (χ1v) is 12.2. The van der Waals surface area contributed by atoms with Crippen molar-refractivity contribution in [2.75, 3.05) is 6.54 Å². The van der Waals surface area contributed by atoms with E-state index in [1.807, 2.05) is 0 Å². The minimum Gasteiger partial charge on any atom is -0.348 e. The zero-order valence-corrected chi connectivity index (χ0v) is 18.4. The first-order valence-electron chi connectivity index (χ1n) is 11.3. The molecule has 1 N–H and O–H groups in total. The number of carbonyl (C=O) groups is 1. The van der Waals surface area contributed by atoms with E-state index in [4.69, 9.17) is 0 Å². The van der Waals surface area contributed by atoms with Gasteiger partial charge < -0.3 is 5.32 Å². The van der Waals surface area contributed by atoms with Crippen molar-refractivity contribution in [1.82, 2.24) is 10.2 Å². The third-order valence-electron chi connectivity index (χ3n) is 7.29. The van der Waals surface area contributed by atoms with E-state index in [1.54, 1.807) is 11.3 Å². The molecule has 3 fully saturated rings. The first-order chi connectivity index (χ1) is 13.8. The molecule has 1 aromatic rings. The van der Waals surface area contributed by atoms with Gasteiger partial charge in [0, 0.05) is 42.3 Å². The molecule has 1 aromatic heterocycles. The summed E-state index contributed by atoms with van der Waals surface area (Å²) in [6, 6.07) is 3.55. The average molecular weight is 425 g/mol. The SMILES string of the molecule is Cc1csc([C@H](CCN2C3CCC2CC(C)C3)NC(=O)C2CCC(F)(F)CC2)c1. The van der Waals surface area contributed by atoms with Crippen LogP contribution in [0.3, 0.4) is 0 Å². The smallest absolute Gasteiger partial charge is 0.248 e. The first kappa shape index (κ1) is 21.2. The molecule has 0 aromatic carbocycles. The molecule has 2 saturated heterocycles. The van der Waals surface area contributed by atoms with Crippen LogP contribution in [0.4, 0.5) is 8.78 Å². The van der Waals surface area contributed by atoms with E-state index in [1.165, 1.54) is 36.1 Å². The third-order valence-corrected chi connectivity index (χ3v) is 8.46. The highest BCUT2D eigenvalue weighted by Crippen LogP contribution is 2.40. The lowest BCUT2D eigenvalue weighted by Crippen LogP contribution is -2.44. The van der Waals surface area contributed by atoms with Crippen molar-refractivity contribution in [2.24, 2.45) is 11.8 Å². The lowest BCUT2D eigenvalue weighted by molar-refractivity contribution is -0.130. The molecule has 2 bridgehead atoms. The van der Waals surface area contributed by atoms with Gasteiger partial charge in [-0.05, 0) is 74.8 Å². The van der Waals surface area contributed by atoms with Crippen LogP contribution in [0, 0.1) is 18.8 Å². The van der Waals surface area contributed by atoms with Gasteiger partial charge in [0.25, 0.3) is 0 Å². The molecule has 162 valence electrons. The highest BCUT2D eigenvalue weighted by molar-refractivity contribution is 7.10. The normalized spacial score (nSPS) is 31.0. The molecule has 4 rings (SSSR count). The van der Waals surface area contributed by atoms with Crippen LogP contribution in [0.15, 0.2) is 11.4 Å². The molecular weight excluding hydrogens is 390 g/mol. The van der Waals surface area contributed by atoms with Gasteiger partial charge in [-0.3, -0.25) is 9.69 Å². The fraction of sp³-hybridized carbons (Fsp3) is 0.783. The van der Waals surface area contributed by atoms with E-state index in [0.717, 1.165) is 18.9 Å². The zero-order chi connectivity index (χ0) is 20.6. The van der Waals surface area contributed by atoms with Gasteiger partial charge in [0.2, 0.25) is 11.8 Å². The standard InChI is InChI=1S/C23H34F2N2OS/c1-15-11-18-3-4-19(12-15)27(18)10-7-20(21-13-16(2)14-29-21)26-22(28)17-5-8-23(24,25)9-6-17/h13-15,17-20H,3-12H2,1-2H3,(H,26,28)/t15?,18?,19?,20-/m0/s1. The predicted octanol–water partition coefficient (Wildman–Crippen LogP) is 5.69. The zero-order valence-electron chi connectivity index (χ0n) is 17.6. The molecule has 3 aliphatic rings. The number of thiophene rings is 1. The quantitative estimate of drug-likeness (QED) is 0.636. The molecule has 1 aliphatic carbocycles. The Morgan fingerprint density at radius 2 is 1.90 bits per heavy atom. The van der Waals surface area contributed by atoms with Crippen molar-refractivity contribution in [3.05, 3.63) is 21.9 Å². The monoisotopic (exact) mass is 424 g/mol. The Kier molecular flexibility index (Phi) is 6.31. The lowest BCUT2D eigenvalue weighted by Gasteiger charge is -2.38. The fourth-order valence-electron chi connectivity index (χ4n) is 5.70. The second kappa shape index (κ2) is 8.62. The fourth-order valence-corrected chi connectivity index (χ4v) is 6.69. The largest absolute Gasteiger partial charge is 0.348 e. The number of amides is 1. The van der Waals surface area contributed by atoms with E-state index in [0.29, 0.717) is 24.9 Å². The Morgan fingerprint density at radius 1 is 1.24 bits per heavy atom. The lowest BCUT2D eigenvalue weighted by atomic mass is 9.86. The summed E-state index contributed by atoms with van der Waals surface area (Å²) in [6.07, 6.45) is 6.36. The van der Waals surface area contributed by atoms with Gasteiger partial charge in [0.15, 0.2) is 0 Å². The van der Waals surface area contributed by atoms with E-state index in [-0.39, 0.29) is 30.7 Å². The molecule has 2 unspecified atom stereocenters. The molecule has 29 heavy (non-hydrogen) atoms. The average Bonchev–Trinajstić information content (AvgIpc) is 3.19. The summed E-state index contributed by atoms with van der Waals surface area (Å²) in [6.45, 7) is 5.45. The Labute approximate surface area is 177 Å². The number of hydrogen-bond donors (Lipinski definition) is 1. The molecule has 3 atom stereocenters. The minimum atomic E-state index is -2.59. The number of aryl methyl sites for hydroxylation is 1. The van der Waals surface area contributed by atoms with Crippen LogP contribution in [0.2, 0.25) is 0 Å². The van der Waals surface area contributed by atoms with Gasteiger partial charge in [0.1, 0.15) is 0 Å². The summed E-state index contributed by atoms with van der Waals surface area (Å²) in [5.74, 6) is -2.08. The van der Waals surface area contributed by atoms with Gasteiger partial charge in [-0.25, -0.2) is 8.78 Å². The Bertz CT molecular complexity index is 697. The van der Waals surface area contributed by atoms with Crippen molar-refractivity contribution >= 4 is 17.2 Å². The number of piperidine rings is 1. The summed E-state index contributed by atoms with van der Waals surface area (Å²) < 4.78 is 26.9. The Hall–Kier alpha value is -1.01. The summed E-state index contributed by atoms with van der Waals surface area (Å²) in [4.78, 5) is 16.7. The maximum atomic E-state index is 13.5. The maximum absolute atomic E-state index is 13.5. The van der Waals surface area contributed by atoms with E-state index < -0.39 is 5.92 Å². The molecular formula is C23H34F2N2OS. The summed E-state index contributed by atoms with van der Waals surface area (Å²) in [5, 5.41) is 5.37. The molecule has 0 spiro atoms. The van der Waals surface area contributed by atoms with Crippen molar-refractivity contribution in [2.45, 2.75) is 95.7 Å². The van der Waals surface area contributed by atoms with Crippen molar-refractivity contribution in [3.8, 4) is 0 Å². The van der Waals surface area contributed by atoms with E-state index in [2.05, 4.69) is 35.5 Å². The maximum Gasteiger partial charge on any atom is 0.248 e. The minimum absolute atomic E-state index is 0.0117. The summed E-state index contributed by atoms with van der Waals surface area (Å²) >= 11 is 1.70. The van der Waals surface area contributed by atoms with Gasteiger partial charge in [0.05, 0.1) is 6.04 Å². The van der Waals surface area contributed by atoms with Crippen LogP contribution in [0.1, 0.15) is 81.2 Å². The number of fused-ring (bicyclic) bond motifs is 2. The van der Waals surface area contributed by atoms with Gasteiger partial charge in [-0.2, -0.15) is 0 Å². The molecule has 1 amide bonds. The predicted molar refractivity (Wildman–Crippen MR) is 113 cm³/mol. The Morgan fingerprint density at radius 3 is 2.48 bits per heavy atom. The third kappa shape index (κ3) is 5.01. The second-order valence-electron chi connectivity index (χ2n) is 9.71. The summed E-state index contributed by atoms with van der Waals surface area (Å²) in [5.41, 5.74) is 1.22. The highest BCUT2D eigenvalue weighted by Gasteiger charge is 2.40. The highest BCUT2D eigenvalue weighted by atomic mass is 32.1. The number of carbonyl (C=O) groups excluding carboxylic acids is 1. The van der Waals surface area contributed by atoms with Crippen molar-refractivity contribution in [3.63, 3.8) is 0 Å². The Balaban J connectivity index is 1.39. The number of nitrogens with zero attached hydrogens (tertiary/aromatic N) is 1. The van der Waals surface area contributed by atoms with E-state index >= 15 is 0 Å². The van der Waals surface area contributed by atoms with Crippen molar-refractivity contribution in [1.29, 1.82) is 0 Å². The van der Waals surface area contributed by atoms with Crippen LogP contribution in [0.25, 0.3) is 0 Å². The number of halogens is 2. The van der Waals surface area contributed by atoms with E-state index in [9.17, 15) is 13.6 Å².